The van der Waals surface area contributed by atoms with Gasteiger partial charge in [-0.15, -0.1) is 0 Å². The van der Waals surface area contributed by atoms with Crippen molar-refractivity contribution >= 4 is 15.7 Å². The lowest BCUT2D eigenvalue weighted by atomic mass is 10.2. The average Bonchev–Trinajstić information content (AvgIpc) is 3.13. The van der Waals surface area contributed by atoms with Crippen LogP contribution < -0.4 is 4.74 Å². The van der Waals surface area contributed by atoms with Gasteiger partial charge in [0.15, 0.2) is 5.76 Å². The Bertz CT molecular complexity index is 914. The van der Waals surface area contributed by atoms with Gasteiger partial charge in [0.05, 0.1) is 5.75 Å². The smallest absolute Gasteiger partial charge is 0.289 e. The highest BCUT2D eigenvalue weighted by Gasteiger charge is 2.24. The van der Waals surface area contributed by atoms with E-state index in [0.717, 1.165) is 11.3 Å². The van der Waals surface area contributed by atoms with Gasteiger partial charge in [0.25, 0.3) is 5.91 Å². The average molecular weight is 407 g/mol. The van der Waals surface area contributed by atoms with Crippen LogP contribution >= 0.6 is 0 Å². The van der Waals surface area contributed by atoms with E-state index in [1.807, 2.05) is 31.2 Å². The maximum atomic E-state index is 12.6. The zero-order valence-electron chi connectivity index (χ0n) is 16.3. The van der Waals surface area contributed by atoms with Gasteiger partial charge in [0.1, 0.15) is 28.0 Å². The first-order valence-electron chi connectivity index (χ1n) is 9.28. The summed E-state index contributed by atoms with van der Waals surface area (Å²) in [6.45, 7) is 5.18. The fourth-order valence-corrected chi connectivity index (χ4v) is 3.65. The number of ether oxygens (including phenoxy) is 1. The first kappa shape index (κ1) is 20.4. The zero-order valence-corrected chi connectivity index (χ0v) is 17.1. The number of piperazine rings is 1. The Morgan fingerprint density at radius 3 is 2.57 bits per heavy atom. The van der Waals surface area contributed by atoms with Crippen molar-refractivity contribution < 1.29 is 22.4 Å². The number of carbonyl (C=O) groups is 1. The third-order valence-electron chi connectivity index (χ3n) is 4.68. The van der Waals surface area contributed by atoms with Gasteiger partial charge in [-0.2, -0.15) is 0 Å². The van der Waals surface area contributed by atoms with Crippen molar-refractivity contribution in [1.82, 2.24) is 9.80 Å². The van der Waals surface area contributed by atoms with Crippen molar-refractivity contribution in [2.24, 2.45) is 0 Å². The minimum Gasteiger partial charge on any atom is -0.486 e. The van der Waals surface area contributed by atoms with Crippen molar-refractivity contribution in [3.8, 4) is 5.75 Å². The van der Waals surface area contributed by atoms with Gasteiger partial charge >= 0.3 is 0 Å². The number of carbonyl (C=O) groups excluding carboxylic acids is 1. The second-order valence-corrected chi connectivity index (χ2v) is 9.39. The van der Waals surface area contributed by atoms with Crippen molar-refractivity contribution in [1.29, 1.82) is 0 Å². The normalized spacial score (nSPS) is 15.6. The van der Waals surface area contributed by atoms with Gasteiger partial charge in [0.2, 0.25) is 0 Å². The summed E-state index contributed by atoms with van der Waals surface area (Å²) in [7, 11) is -2.97. The Balaban J connectivity index is 1.49. The number of rotatable bonds is 7. The highest BCUT2D eigenvalue weighted by atomic mass is 32.2. The van der Waals surface area contributed by atoms with Crippen LogP contribution in [0.2, 0.25) is 0 Å². The Morgan fingerprint density at radius 1 is 1.14 bits per heavy atom. The number of furan rings is 1. The molecule has 1 amide bonds. The second-order valence-electron chi connectivity index (χ2n) is 7.13. The lowest BCUT2D eigenvalue weighted by molar-refractivity contribution is 0.0609. The van der Waals surface area contributed by atoms with Crippen LogP contribution in [-0.4, -0.2) is 68.9 Å². The quantitative estimate of drug-likeness (QED) is 0.699. The van der Waals surface area contributed by atoms with Crippen LogP contribution in [0.3, 0.4) is 0 Å². The molecule has 0 bridgehead atoms. The standard InChI is InChI=1S/C20H26N2O5S/c1-16-4-3-5-17(14-16)26-15-18-6-7-19(27-18)20(23)22-10-8-21(9-11-22)12-13-28(2,24)25/h3-7,14H,8-13,15H2,1-2H3. The van der Waals surface area contributed by atoms with Gasteiger partial charge in [0, 0.05) is 39.0 Å². The molecule has 1 saturated heterocycles. The van der Waals surface area contributed by atoms with E-state index in [0.29, 0.717) is 44.2 Å². The number of hydrogen-bond donors (Lipinski definition) is 0. The highest BCUT2D eigenvalue weighted by molar-refractivity contribution is 7.90. The van der Waals surface area contributed by atoms with E-state index in [-0.39, 0.29) is 18.3 Å². The molecule has 2 heterocycles. The van der Waals surface area contributed by atoms with E-state index in [2.05, 4.69) is 4.90 Å². The van der Waals surface area contributed by atoms with Crippen LogP contribution in [0.25, 0.3) is 0 Å². The number of aryl methyl sites for hydroxylation is 1. The van der Waals surface area contributed by atoms with Crippen LogP contribution in [0.15, 0.2) is 40.8 Å². The third kappa shape index (κ3) is 5.84. The fourth-order valence-electron chi connectivity index (χ4n) is 3.06. The van der Waals surface area contributed by atoms with E-state index >= 15 is 0 Å². The predicted octanol–water partition coefficient (Wildman–Crippen LogP) is 1.97. The van der Waals surface area contributed by atoms with E-state index in [1.54, 1.807) is 17.0 Å². The number of hydrogen-bond acceptors (Lipinski definition) is 6. The maximum Gasteiger partial charge on any atom is 0.289 e. The summed E-state index contributed by atoms with van der Waals surface area (Å²) in [4.78, 5) is 16.4. The summed E-state index contributed by atoms with van der Waals surface area (Å²) in [5.41, 5.74) is 1.11. The number of nitrogens with zero attached hydrogens (tertiary/aromatic N) is 2. The Morgan fingerprint density at radius 2 is 1.89 bits per heavy atom. The minimum atomic E-state index is -2.97. The Labute approximate surface area is 165 Å². The van der Waals surface area contributed by atoms with Gasteiger partial charge < -0.3 is 14.1 Å². The molecule has 1 aliphatic heterocycles. The van der Waals surface area contributed by atoms with Gasteiger partial charge in [-0.3, -0.25) is 9.69 Å². The molecule has 1 fully saturated rings. The topological polar surface area (TPSA) is 80.1 Å². The molecule has 1 aromatic heterocycles. The lowest BCUT2D eigenvalue weighted by Gasteiger charge is -2.34. The molecular formula is C20H26N2O5S. The molecule has 2 aromatic rings. The predicted molar refractivity (Wildman–Crippen MR) is 106 cm³/mol. The molecule has 1 aliphatic rings. The molecule has 3 rings (SSSR count). The first-order valence-corrected chi connectivity index (χ1v) is 11.3. The number of amides is 1. The fraction of sp³-hybridized carbons (Fsp3) is 0.450. The van der Waals surface area contributed by atoms with Crippen LogP contribution in [0.5, 0.6) is 5.75 Å². The molecule has 8 heteroatoms. The van der Waals surface area contributed by atoms with E-state index < -0.39 is 9.84 Å². The van der Waals surface area contributed by atoms with Crippen molar-refractivity contribution in [3.05, 3.63) is 53.5 Å². The van der Waals surface area contributed by atoms with E-state index in [1.165, 1.54) is 6.26 Å². The summed E-state index contributed by atoms with van der Waals surface area (Å²) in [6, 6.07) is 11.2. The first-order chi connectivity index (χ1) is 13.3. The van der Waals surface area contributed by atoms with Gasteiger partial charge in [-0.05, 0) is 36.8 Å². The number of benzene rings is 1. The van der Waals surface area contributed by atoms with Crippen LogP contribution in [0.1, 0.15) is 21.9 Å². The largest absolute Gasteiger partial charge is 0.486 e. The summed E-state index contributed by atoms with van der Waals surface area (Å²) in [5.74, 6) is 1.65. The number of sulfone groups is 1. The molecule has 0 unspecified atom stereocenters. The molecule has 152 valence electrons. The maximum absolute atomic E-state index is 12.6. The molecular weight excluding hydrogens is 380 g/mol. The summed E-state index contributed by atoms with van der Waals surface area (Å²) >= 11 is 0. The third-order valence-corrected chi connectivity index (χ3v) is 5.61. The van der Waals surface area contributed by atoms with Crippen LogP contribution in [-0.2, 0) is 16.4 Å². The molecule has 0 atom stereocenters. The van der Waals surface area contributed by atoms with E-state index in [9.17, 15) is 13.2 Å². The molecule has 0 saturated carbocycles. The van der Waals surface area contributed by atoms with Gasteiger partial charge in [-0.25, -0.2) is 8.42 Å². The van der Waals surface area contributed by atoms with Crippen molar-refractivity contribution in [2.75, 3.05) is 44.7 Å². The minimum absolute atomic E-state index is 0.142. The SMILES string of the molecule is Cc1cccc(OCc2ccc(C(=O)N3CCN(CCS(C)(=O)=O)CC3)o2)c1. The van der Waals surface area contributed by atoms with Crippen LogP contribution in [0, 0.1) is 6.92 Å². The molecule has 0 radical (unpaired) electrons. The summed E-state index contributed by atoms with van der Waals surface area (Å²) in [6.07, 6.45) is 1.24. The summed E-state index contributed by atoms with van der Waals surface area (Å²) < 4.78 is 33.9. The zero-order chi connectivity index (χ0) is 20.1. The summed E-state index contributed by atoms with van der Waals surface area (Å²) in [5, 5.41) is 0. The molecule has 7 nitrogen and oxygen atoms in total. The van der Waals surface area contributed by atoms with Crippen molar-refractivity contribution in [2.45, 2.75) is 13.5 Å². The highest BCUT2D eigenvalue weighted by Crippen LogP contribution is 2.17. The molecule has 28 heavy (non-hydrogen) atoms. The molecule has 1 aromatic carbocycles. The molecule has 0 N–H and O–H groups in total. The van der Waals surface area contributed by atoms with E-state index in [4.69, 9.17) is 9.15 Å². The van der Waals surface area contributed by atoms with Gasteiger partial charge in [-0.1, -0.05) is 12.1 Å². The molecule has 0 spiro atoms. The monoisotopic (exact) mass is 406 g/mol. The Kier molecular flexibility index (Phi) is 6.41. The van der Waals surface area contributed by atoms with Crippen molar-refractivity contribution in [3.63, 3.8) is 0 Å². The Hall–Kier alpha value is -2.32. The molecule has 0 aliphatic carbocycles. The lowest BCUT2D eigenvalue weighted by Crippen LogP contribution is -2.49. The van der Waals surface area contributed by atoms with Crippen LogP contribution in [0.4, 0.5) is 0 Å². The second kappa shape index (κ2) is 8.79.